The van der Waals surface area contributed by atoms with Crippen molar-refractivity contribution < 1.29 is 14.3 Å². The smallest absolute Gasteiger partial charge is 0.332 e. The van der Waals surface area contributed by atoms with Crippen molar-refractivity contribution in [1.29, 1.82) is 0 Å². The zero-order valence-electron chi connectivity index (χ0n) is 12.8. The summed E-state index contributed by atoms with van der Waals surface area (Å²) in [4.78, 5) is 10.6. The molecule has 8 heteroatoms. The van der Waals surface area contributed by atoms with E-state index >= 15 is 0 Å². The molecule has 0 aliphatic heterocycles. The number of urea groups is 1. The molecule has 24 heavy (non-hydrogen) atoms. The fourth-order valence-corrected chi connectivity index (χ4v) is 2.26. The van der Waals surface area contributed by atoms with Gasteiger partial charge in [-0.3, -0.25) is 0 Å². The van der Waals surface area contributed by atoms with Gasteiger partial charge in [-0.2, -0.15) is 5.10 Å². The molecule has 0 bridgehead atoms. The summed E-state index contributed by atoms with van der Waals surface area (Å²) in [6, 6.07) is 9.77. The van der Waals surface area contributed by atoms with E-state index in [2.05, 4.69) is 10.5 Å². The third kappa shape index (κ3) is 4.78. The second kappa shape index (κ2) is 8.42. The van der Waals surface area contributed by atoms with Gasteiger partial charge in [0.2, 0.25) is 0 Å². The molecule has 2 rings (SSSR count). The summed E-state index contributed by atoms with van der Waals surface area (Å²) in [5, 5.41) is 4.48. The Morgan fingerprint density at radius 1 is 1.29 bits per heavy atom. The number of carbonyl (C=O) groups is 1. The van der Waals surface area contributed by atoms with Crippen molar-refractivity contribution in [2.75, 3.05) is 7.11 Å². The molecule has 0 aliphatic carbocycles. The van der Waals surface area contributed by atoms with Crippen LogP contribution in [0, 0.1) is 0 Å². The van der Waals surface area contributed by atoms with Crippen LogP contribution in [0.5, 0.6) is 11.5 Å². The van der Waals surface area contributed by atoms with Crippen molar-refractivity contribution in [3.63, 3.8) is 0 Å². The fraction of sp³-hybridized carbons (Fsp3) is 0.125. The number of carbonyl (C=O) groups excluding carboxylic acids is 1. The Morgan fingerprint density at radius 2 is 2.08 bits per heavy atom. The van der Waals surface area contributed by atoms with E-state index in [1.54, 1.807) is 37.4 Å². The van der Waals surface area contributed by atoms with E-state index < -0.39 is 6.03 Å². The van der Waals surface area contributed by atoms with Crippen LogP contribution in [0.4, 0.5) is 4.79 Å². The molecule has 0 aliphatic rings. The molecule has 0 aromatic heterocycles. The number of hydrogen-bond donors (Lipinski definition) is 2. The number of hydrazone groups is 1. The maximum atomic E-state index is 10.6. The van der Waals surface area contributed by atoms with Crippen molar-refractivity contribution in [2.45, 2.75) is 6.61 Å². The molecule has 2 aromatic rings. The summed E-state index contributed by atoms with van der Waals surface area (Å²) in [5.41, 5.74) is 8.58. The number of rotatable bonds is 6. The quantitative estimate of drug-likeness (QED) is 0.604. The third-order valence-electron chi connectivity index (χ3n) is 2.99. The van der Waals surface area contributed by atoms with Crippen LogP contribution in [-0.4, -0.2) is 19.4 Å². The monoisotopic (exact) mass is 367 g/mol. The summed E-state index contributed by atoms with van der Waals surface area (Å²) in [5.74, 6) is 1.12. The molecule has 2 amide bonds. The Kier molecular flexibility index (Phi) is 6.28. The summed E-state index contributed by atoms with van der Waals surface area (Å²) in [6.07, 6.45) is 1.46. The number of nitrogens with zero attached hydrogens (tertiary/aromatic N) is 1. The van der Waals surface area contributed by atoms with Gasteiger partial charge in [0.15, 0.2) is 0 Å². The normalized spacial score (nSPS) is 10.6. The number of benzene rings is 2. The van der Waals surface area contributed by atoms with Crippen LogP contribution in [0.2, 0.25) is 10.0 Å². The molecule has 126 valence electrons. The topological polar surface area (TPSA) is 85.9 Å². The van der Waals surface area contributed by atoms with Crippen molar-refractivity contribution >= 4 is 35.4 Å². The van der Waals surface area contributed by atoms with Crippen LogP contribution in [-0.2, 0) is 6.61 Å². The second-order valence-electron chi connectivity index (χ2n) is 4.65. The van der Waals surface area contributed by atoms with E-state index in [1.165, 1.54) is 6.21 Å². The van der Waals surface area contributed by atoms with Gasteiger partial charge in [-0.05, 0) is 35.9 Å². The van der Waals surface area contributed by atoms with Gasteiger partial charge in [0.05, 0.1) is 18.3 Å². The molecule has 0 spiro atoms. The lowest BCUT2D eigenvalue weighted by atomic mass is 10.1. The molecule has 0 radical (unpaired) electrons. The molecule has 0 saturated carbocycles. The fourth-order valence-electron chi connectivity index (χ4n) is 1.91. The van der Waals surface area contributed by atoms with Crippen LogP contribution in [0.15, 0.2) is 41.5 Å². The van der Waals surface area contributed by atoms with Crippen LogP contribution >= 0.6 is 23.2 Å². The number of primary amides is 1. The largest absolute Gasteiger partial charge is 0.496 e. The first-order valence-corrected chi connectivity index (χ1v) is 7.59. The van der Waals surface area contributed by atoms with Gasteiger partial charge >= 0.3 is 6.03 Å². The van der Waals surface area contributed by atoms with E-state index in [9.17, 15) is 4.79 Å². The van der Waals surface area contributed by atoms with Gasteiger partial charge in [-0.1, -0.05) is 29.3 Å². The SMILES string of the molecule is COc1ccc(C=NNC(N)=O)cc1COc1cccc(Cl)c1Cl. The zero-order valence-corrected chi connectivity index (χ0v) is 14.3. The molecule has 6 nitrogen and oxygen atoms in total. The minimum Gasteiger partial charge on any atom is -0.496 e. The highest BCUT2D eigenvalue weighted by molar-refractivity contribution is 6.42. The van der Waals surface area contributed by atoms with E-state index in [1.807, 2.05) is 6.07 Å². The first-order chi connectivity index (χ1) is 11.5. The number of nitrogens with two attached hydrogens (primary N) is 1. The molecule has 2 aromatic carbocycles. The van der Waals surface area contributed by atoms with Gasteiger partial charge < -0.3 is 15.2 Å². The van der Waals surface area contributed by atoms with Gasteiger partial charge in [-0.15, -0.1) is 0 Å². The number of nitrogens with one attached hydrogen (secondary N) is 1. The van der Waals surface area contributed by atoms with Crippen LogP contribution < -0.4 is 20.6 Å². The molecule has 0 saturated heterocycles. The summed E-state index contributed by atoms with van der Waals surface area (Å²) in [7, 11) is 1.56. The molecule has 0 fully saturated rings. The first-order valence-electron chi connectivity index (χ1n) is 6.83. The summed E-state index contributed by atoms with van der Waals surface area (Å²) in [6.45, 7) is 0.216. The Labute approximate surface area is 149 Å². The lowest BCUT2D eigenvalue weighted by Crippen LogP contribution is -2.24. The Bertz CT molecular complexity index is 766. The van der Waals surface area contributed by atoms with Gasteiger partial charge in [-0.25, -0.2) is 10.2 Å². The first kappa shape index (κ1) is 17.9. The predicted molar refractivity (Wildman–Crippen MR) is 94.1 cm³/mol. The number of hydrogen-bond acceptors (Lipinski definition) is 4. The number of methoxy groups -OCH3 is 1. The molecular weight excluding hydrogens is 353 g/mol. The van der Waals surface area contributed by atoms with E-state index in [0.29, 0.717) is 21.5 Å². The Balaban J connectivity index is 2.17. The predicted octanol–water partition coefficient (Wildman–Crippen LogP) is 3.58. The van der Waals surface area contributed by atoms with E-state index in [0.717, 1.165) is 11.1 Å². The van der Waals surface area contributed by atoms with Crippen LogP contribution in [0.25, 0.3) is 0 Å². The maximum Gasteiger partial charge on any atom is 0.332 e. The standard InChI is InChI=1S/C16H15Cl2N3O3/c1-23-13-6-5-10(8-20-21-16(19)22)7-11(13)9-24-14-4-2-3-12(17)15(14)18/h2-8H,9H2,1H3,(H3,19,21,22). The Hall–Kier alpha value is -2.44. The molecule has 0 unspecified atom stereocenters. The lowest BCUT2D eigenvalue weighted by Gasteiger charge is -2.12. The summed E-state index contributed by atoms with van der Waals surface area (Å²) >= 11 is 12.1. The lowest BCUT2D eigenvalue weighted by molar-refractivity contribution is 0.249. The average Bonchev–Trinajstić information content (AvgIpc) is 2.56. The van der Waals surface area contributed by atoms with Crippen molar-refractivity contribution in [2.24, 2.45) is 10.8 Å². The van der Waals surface area contributed by atoms with Gasteiger partial charge in [0, 0.05) is 5.56 Å². The minimum atomic E-state index is -0.737. The van der Waals surface area contributed by atoms with Crippen LogP contribution in [0.1, 0.15) is 11.1 Å². The second-order valence-corrected chi connectivity index (χ2v) is 5.43. The molecule has 0 atom stereocenters. The Morgan fingerprint density at radius 3 is 2.79 bits per heavy atom. The van der Waals surface area contributed by atoms with Gasteiger partial charge in [0.25, 0.3) is 0 Å². The van der Waals surface area contributed by atoms with Gasteiger partial charge in [0.1, 0.15) is 23.1 Å². The van der Waals surface area contributed by atoms with E-state index in [-0.39, 0.29) is 6.61 Å². The van der Waals surface area contributed by atoms with Crippen molar-refractivity contribution in [3.05, 3.63) is 57.6 Å². The minimum absolute atomic E-state index is 0.216. The van der Waals surface area contributed by atoms with Crippen LogP contribution in [0.3, 0.4) is 0 Å². The van der Waals surface area contributed by atoms with E-state index in [4.69, 9.17) is 38.4 Å². The average molecular weight is 368 g/mol. The summed E-state index contributed by atoms with van der Waals surface area (Å²) < 4.78 is 11.0. The molecule has 3 N–H and O–H groups in total. The molecule has 0 heterocycles. The third-order valence-corrected chi connectivity index (χ3v) is 3.79. The highest BCUT2D eigenvalue weighted by Gasteiger charge is 2.09. The highest BCUT2D eigenvalue weighted by atomic mass is 35.5. The zero-order chi connectivity index (χ0) is 17.5. The molecular formula is C16H15Cl2N3O3. The number of amides is 2. The number of halogens is 2. The maximum absolute atomic E-state index is 10.6. The van der Waals surface area contributed by atoms with Crippen molar-refractivity contribution in [1.82, 2.24) is 5.43 Å². The number of ether oxygens (including phenoxy) is 2. The highest BCUT2D eigenvalue weighted by Crippen LogP contribution is 2.32. The van der Waals surface area contributed by atoms with Crippen molar-refractivity contribution in [3.8, 4) is 11.5 Å².